The van der Waals surface area contributed by atoms with E-state index < -0.39 is 58.0 Å². The van der Waals surface area contributed by atoms with Crippen LogP contribution in [0.2, 0.25) is 0 Å². The fourth-order valence-electron chi connectivity index (χ4n) is 6.79. The first-order chi connectivity index (χ1) is 19.3. The van der Waals surface area contributed by atoms with Gasteiger partial charge in [-0.15, -0.1) is 0 Å². The van der Waals surface area contributed by atoms with E-state index in [2.05, 4.69) is 4.90 Å². The summed E-state index contributed by atoms with van der Waals surface area (Å²) in [5.74, 6) is -6.57. The van der Waals surface area contributed by atoms with Gasteiger partial charge in [0.1, 0.15) is 22.8 Å². The van der Waals surface area contributed by atoms with E-state index in [9.17, 15) is 34.8 Å². The molecule has 218 valence electrons. The van der Waals surface area contributed by atoms with Gasteiger partial charge in [-0.3, -0.25) is 24.2 Å². The largest absolute Gasteiger partial charge is 0.508 e. The van der Waals surface area contributed by atoms with Crippen LogP contribution in [0.25, 0.3) is 16.5 Å². The van der Waals surface area contributed by atoms with Crippen LogP contribution < -0.4 is 5.73 Å². The number of nitrogens with two attached hydrogens (primary N) is 1. The molecule has 5 rings (SSSR count). The van der Waals surface area contributed by atoms with Crippen LogP contribution in [0.1, 0.15) is 23.1 Å². The summed E-state index contributed by atoms with van der Waals surface area (Å²) in [6.45, 7) is 1.88. The van der Waals surface area contributed by atoms with Crippen LogP contribution in [-0.2, 0) is 32.1 Å². The molecule has 4 atom stereocenters. The molecule has 2 aromatic carbocycles. The molecule has 2 aromatic rings. The lowest BCUT2D eigenvalue weighted by molar-refractivity contribution is -0.153. The average Bonchev–Trinajstić information content (AvgIpc) is 2.89. The Labute approximate surface area is 237 Å². The number of phenols is 1. The fraction of sp³-hybridized carbons (Fsp3) is 0.433. The van der Waals surface area contributed by atoms with Crippen LogP contribution in [0.3, 0.4) is 0 Å². The summed E-state index contributed by atoms with van der Waals surface area (Å²) in [7, 11) is 6.73. The Bertz CT molecular complexity index is 1540. The zero-order valence-corrected chi connectivity index (χ0v) is 23.5. The molecule has 1 saturated carbocycles. The molecule has 3 aliphatic rings. The van der Waals surface area contributed by atoms with Gasteiger partial charge in [0.15, 0.2) is 11.4 Å². The second kappa shape index (κ2) is 10.3. The Balaban J connectivity index is 1.64. The number of fused-ring (bicyclic) bond motifs is 4. The molecule has 0 radical (unpaired) electrons. The number of carbonyl (C=O) groups excluding carboxylic acids is 3. The maximum Gasteiger partial charge on any atom is 0.255 e. The monoisotopic (exact) mass is 565 g/mol. The highest BCUT2D eigenvalue weighted by Gasteiger charge is 2.64. The molecule has 3 aliphatic carbocycles. The SMILES string of the molecule is COCCN(C)Cc1ccc2cc3c(c(O)c2c1)C(O)=C1C(=O)[C@]2(O)C(O)=C(C(N)=O)C(=O)[C@@H](N(C)C)[C@@H]2C[C@@H]1C3. The number of carbonyl (C=O) groups is 3. The number of benzene rings is 2. The lowest BCUT2D eigenvalue weighted by Gasteiger charge is -2.50. The van der Waals surface area contributed by atoms with Crippen molar-refractivity contribution in [2.75, 3.05) is 41.4 Å². The molecular formula is C30H35N3O8. The Morgan fingerprint density at radius 2 is 1.85 bits per heavy atom. The van der Waals surface area contributed by atoms with E-state index in [1.165, 1.54) is 4.90 Å². The maximum atomic E-state index is 14.0. The highest BCUT2D eigenvalue weighted by Crippen LogP contribution is 2.53. The number of rotatable bonds is 7. The standard InChI is InChI=1S/C30H35N3O8/c1-32(2)23-19-12-17-11-16-10-15-6-5-14(13-33(3)7-8-41-4)9-18(15)24(34)20(16)25(35)21(17)27(37)30(19,40)28(38)22(26(23)36)29(31)39/h5-6,9-10,17,19,23,34-35,38,40H,7-8,11-13H2,1-4H3,(H2,31,39)/t17-,19-,23-,30-/m0/s1. The van der Waals surface area contributed by atoms with Gasteiger partial charge in [0.05, 0.1) is 18.2 Å². The number of ether oxygens (including phenoxy) is 1. The minimum absolute atomic E-state index is 0.0529. The van der Waals surface area contributed by atoms with Gasteiger partial charge in [0, 0.05) is 37.1 Å². The minimum atomic E-state index is -2.66. The molecule has 0 aromatic heterocycles. The van der Waals surface area contributed by atoms with Gasteiger partial charge >= 0.3 is 0 Å². The van der Waals surface area contributed by atoms with Crippen LogP contribution in [-0.4, -0.2) is 101 Å². The van der Waals surface area contributed by atoms with Gasteiger partial charge in [-0.25, -0.2) is 0 Å². The summed E-state index contributed by atoms with van der Waals surface area (Å²) in [4.78, 5) is 42.9. The van der Waals surface area contributed by atoms with E-state index in [1.807, 2.05) is 31.3 Å². The molecule has 1 fully saturated rings. The van der Waals surface area contributed by atoms with Crippen molar-refractivity contribution in [2.45, 2.75) is 31.0 Å². The molecule has 0 heterocycles. The molecule has 41 heavy (non-hydrogen) atoms. The molecule has 0 aliphatic heterocycles. The number of hydrogen-bond acceptors (Lipinski definition) is 10. The third-order valence-corrected chi connectivity index (χ3v) is 8.72. The summed E-state index contributed by atoms with van der Waals surface area (Å²) in [6.07, 6.45) is 0.302. The fourth-order valence-corrected chi connectivity index (χ4v) is 6.79. The Morgan fingerprint density at radius 1 is 1.15 bits per heavy atom. The molecule has 11 heteroatoms. The maximum absolute atomic E-state index is 14.0. The third kappa shape index (κ3) is 4.31. The third-order valence-electron chi connectivity index (χ3n) is 8.72. The van der Waals surface area contributed by atoms with Gasteiger partial charge in [-0.05, 0) is 62.5 Å². The second-order valence-corrected chi connectivity index (χ2v) is 11.5. The Hall–Kier alpha value is -3.77. The number of aliphatic hydroxyl groups is 3. The average molecular weight is 566 g/mol. The molecule has 1 amide bonds. The summed E-state index contributed by atoms with van der Waals surface area (Å²) in [5.41, 5.74) is 3.35. The van der Waals surface area contributed by atoms with Crippen LogP contribution in [0.15, 0.2) is 41.2 Å². The molecule has 0 unspecified atom stereocenters. The first kappa shape index (κ1) is 28.7. The van der Waals surface area contributed by atoms with Crippen molar-refractivity contribution in [3.8, 4) is 5.75 Å². The smallest absolute Gasteiger partial charge is 0.255 e. The van der Waals surface area contributed by atoms with Crippen LogP contribution in [0.5, 0.6) is 5.75 Å². The zero-order chi connectivity index (χ0) is 30.0. The van der Waals surface area contributed by atoms with Crippen LogP contribution in [0, 0.1) is 11.8 Å². The number of aromatic hydroxyl groups is 1. The molecule has 0 bridgehead atoms. The number of hydrogen-bond donors (Lipinski definition) is 5. The van der Waals surface area contributed by atoms with Crippen molar-refractivity contribution < 1.29 is 39.5 Å². The van der Waals surface area contributed by atoms with Gasteiger partial charge < -0.3 is 30.9 Å². The van der Waals surface area contributed by atoms with E-state index in [0.29, 0.717) is 30.6 Å². The summed E-state index contributed by atoms with van der Waals surface area (Å²) in [5, 5.41) is 46.8. The number of aliphatic hydroxyl groups excluding tert-OH is 2. The van der Waals surface area contributed by atoms with Crippen molar-refractivity contribution in [3.05, 3.63) is 57.9 Å². The van der Waals surface area contributed by atoms with Crippen molar-refractivity contribution in [3.63, 3.8) is 0 Å². The van der Waals surface area contributed by atoms with Crippen molar-refractivity contribution in [2.24, 2.45) is 17.6 Å². The first-order valence-corrected chi connectivity index (χ1v) is 13.4. The number of primary amides is 1. The number of ketones is 2. The Morgan fingerprint density at radius 3 is 2.49 bits per heavy atom. The van der Waals surface area contributed by atoms with Gasteiger partial charge in [-0.2, -0.15) is 0 Å². The summed E-state index contributed by atoms with van der Waals surface area (Å²) in [6, 6.07) is 6.43. The second-order valence-electron chi connectivity index (χ2n) is 11.5. The van der Waals surface area contributed by atoms with Crippen LogP contribution >= 0.6 is 0 Å². The van der Waals surface area contributed by atoms with Crippen molar-refractivity contribution >= 4 is 34.0 Å². The van der Waals surface area contributed by atoms with Crippen molar-refractivity contribution in [1.82, 2.24) is 9.80 Å². The van der Waals surface area contributed by atoms with E-state index in [4.69, 9.17) is 10.5 Å². The van der Waals surface area contributed by atoms with Crippen molar-refractivity contribution in [1.29, 1.82) is 0 Å². The first-order valence-electron chi connectivity index (χ1n) is 13.4. The molecule has 11 nitrogen and oxygen atoms in total. The zero-order valence-electron chi connectivity index (χ0n) is 23.5. The highest BCUT2D eigenvalue weighted by atomic mass is 16.5. The normalized spacial score (nSPS) is 26.1. The Kier molecular flexibility index (Phi) is 7.19. The van der Waals surface area contributed by atoms with Crippen LogP contribution in [0.4, 0.5) is 0 Å². The van der Waals surface area contributed by atoms with E-state index >= 15 is 0 Å². The number of nitrogens with zero attached hydrogens (tertiary/aromatic N) is 2. The van der Waals surface area contributed by atoms with E-state index in [1.54, 1.807) is 21.2 Å². The van der Waals surface area contributed by atoms with Gasteiger partial charge in [-0.1, -0.05) is 18.2 Å². The van der Waals surface area contributed by atoms with E-state index in [0.717, 1.165) is 10.9 Å². The number of Topliss-reactive ketones (excluding diaryl/α,β-unsaturated/α-hetero) is 2. The summed E-state index contributed by atoms with van der Waals surface area (Å²) < 4.78 is 5.13. The lowest BCUT2D eigenvalue weighted by Crippen LogP contribution is -2.65. The van der Waals surface area contributed by atoms with Gasteiger partial charge in [0.25, 0.3) is 5.91 Å². The molecule has 0 saturated heterocycles. The quantitative estimate of drug-likeness (QED) is 0.307. The minimum Gasteiger partial charge on any atom is -0.508 e. The number of phenolic OH excluding ortho intramolecular Hbond substituents is 1. The molecule has 6 N–H and O–H groups in total. The number of methoxy groups -OCH3 is 1. The lowest BCUT2D eigenvalue weighted by atomic mass is 9.57. The summed E-state index contributed by atoms with van der Waals surface area (Å²) >= 11 is 0. The predicted molar refractivity (Wildman–Crippen MR) is 150 cm³/mol. The molecule has 0 spiro atoms. The topological polar surface area (TPSA) is 174 Å². The van der Waals surface area contributed by atoms with Gasteiger partial charge in [0.2, 0.25) is 5.78 Å². The number of amides is 1. The highest BCUT2D eigenvalue weighted by molar-refractivity contribution is 6.24. The van der Waals surface area contributed by atoms with E-state index in [-0.39, 0.29) is 29.7 Å². The predicted octanol–water partition coefficient (Wildman–Crippen LogP) is 1.20. The number of likely N-dealkylation sites (N-methyl/N-ethyl adjacent to an activating group) is 2. The molecular weight excluding hydrogens is 530 g/mol.